The van der Waals surface area contributed by atoms with Gasteiger partial charge < -0.3 is 24.7 Å². The van der Waals surface area contributed by atoms with E-state index in [2.05, 4.69) is 0 Å². The van der Waals surface area contributed by atoms with E-state index < -0.39 is 64.3 Å². The van der Waals surface area contributed by atoms with Gasteiger partial charge in [-0.05, 0) is 36.2 Å². The zero-order valence-corrected chi connectivity index (χ0v) is 22.5. The minimum absolute atomic E-state index is 0.00374. The summed E-state index contributed by atoms with van der Waals surface area (Å²) in [5.74, 6) is -2.12. The number of nitrogen functional groups attached to an aromatic ring is 1. The van der Waals surface area contributed by atoms with E-state index in [0.717, 1.165) is 6.07 Å². The van der Waals surface area contributed by atoms with E-state index in [-0.39, 0.29) is 47.0 Å². The quantitative estimate of drug-likeness (QED) is 0.126. The first-order valence-corrected chi connectivity index (χ1v) is 14.4. The number of aliphatic carboxylic acids is 1. The van der Waals surface area contributed by atoms with Gasteiger partial charge in [0, 0.05) is 48.2 Å². The standard InChI is InChI=1S/C25H23N3O10S2/c1-28(12-4-7-19(29)30)25(31)14-6-3-2-5-13(14)20-15-8-10-17(26)23(39(32,33)34)21(15)38-22-16(20)9-11-18(27)24(22)40(35,36)37/h2-3,5-6,8-11,26H,4,7,12,27H2,1H3,(H,29,30)(H,32,33,34)(H,35,36,37). The van der Waals surface area contributed by atoms with Crippen molar-refractivity contribution in [3.05, 3.63) is 59.5 Å². The van der Waals surface area contributed by atoms with Crippen LogP contribution >= 0.6 is 0 Å². The summed E-state index contributed by atoms with van der Waals surface area (Å²) in [5, 5.41) is 14.3. The van der Waals surface area contributed by atoms with Gasteiger partial charge in [-0.3, -0.25) is 19.6 Å². The first-order valence-electron chi connectivity index (χ1n) is 11.5. The third kappa shape index (κ3) is 5.27. The van der Waals surface area contributed by atoms with Crippen molar-refractivity contribution in [3.8, 4) is 22.5 Å². The predicted octanol–water partition coefficient (Wildman–Crippen LogP) is 0.534. The summed E-state index contributed by atoms with van der Waals surface area (Å²) in [6.45, 7) is 0.101. The second-order valence-corrected chi connectivity index (χ2v) is 11.6. The Hall–Kier alpha value is -4.31. The van der Waals surface area contributed by atoms with Crippen molar-refractivity contribution in [3.63, 3.8) is 0 Å². The maximum absolute atomic E-state index is 13.5. The first-order chi connectivity index (χ1) is 18.6. The molecule has 1 aliphatic carbocycles. The van der Waals surface area contributed by atoms with Crippen molar-refractivity contribution in [2.45, 2.75) is 22.6 Å². The fourth-order valence-corrected chi connectivity index (χ4v) is 5.96. The van der Waals surface area contributed by atoms with Gasteiger partial charge >= 0.3 is 16.1 Å². The molecule has 0 radical (unpaired) electrons. The third-order valence-corrected chi connectivity index (χ3v) is 8.05. The molecule has 1 heterocycles. The predicted molar refractivity (Wildman–Crippen MR) is 139 cm³/mol. The number of hydrogen-bond acceptors (Lipinski definition) is 9. The zero-order chi connectivity index (χ0) is 29.6. The molecular weight excluding hydrogens is 566 g/mol. The van der Waals surface area contributed by atoms with Gasteiger partial charge in [0.1, 0.15) is 15.0 Å². The molecule has 0 bridgehead atoms. The van der Waals surface area contributed by atoms with Gasteiger partial charge in [-0.15, -0.1) is 0 Å². The highest BCUT2D eigenvalue weighted by Gasteiger charge is 2.32. The smallest absolute Gasteiger partial charge is 0.304 e. The van der Waals surface area contributed by atoms with Crippen LogP contribution in [-0.4, -0.2) is 61.4 Å². The Labute approximate surface area is 227 Å². The van der Waals surface area contributed by atoms with Gasteiger partial charge in [-0.2, -0.15) is 8.42 Å². The molecule has 0 aromatic heterocycles. The summed E-state index contributed by atoms with van der Waals surface area (Å²) in [7, 11) is -8.85. The molecule has 2 aliphatic rings. The van der Waals surface area contributed by atoms with Gasteiger partial charge in [0.15, 0.2) is 11.3 Å². The van der Waals surface area contributed by atoms with Crippen molar-refractivity contribution >= 4 is 48.8 Å². The van der Waals surface area contributed by atoms with E-state index >= 15 is 0 Å². The van der Waals surface area contributed by atoms with Crippen molar-refractivity contribution in [2.75, 3.05) is 19.3 Å². The van der Waals surface area contributed by atoms with Crippen molar-refractivity contribution in [1.82, 2.24) is 4.90 Å². The largest absolute Gasteiger partial charge is 0.744 e. The van der Waals surface area contributed by atoms with Crippen LogP contribution in [0, 0.1) is 0 Å². The lowest BCUT2D eigenvalue weighted by Crippen LogP contribution is -2.47. The molecule has 13 nitrogen and oxygen atoms in total. The van der Waals surface area contributed by atoms with E-state index in [4.69, 9.17) is 20.7 Å². The SMILES string of the molecule is CN(CCCC(=O)O)C(=O)c1ccccc1-c1c2ccc(=[NH2+])c(S(=O)(=O)O)c-2oc2c(S(=O)(=O)[O-])c(N)ccc12. The van der Waals surface area contributed by atoms with Gasteiger partial charge in [0.05, 0.1) is 5.69 Å². The minimum atomic E-state index is -5.28. The molecule has 15 heteroatoms. The van der Waals surface area contributed by atoms with Gasteiger partial charge in [0.25, 0.3) is 5.91 Å². The maximum Gasteiger partial charge on any atom is 0.304 e. The maximum atomic E-state index is 13.5. The summed E-state index contributed by atoms with van der Waals surface area (Å²) in [6, 6.07) is 11.2. The number of carboxylic acid groups (broad SMARTS) is 1. The number of carboxylic acids is 1. The summed E-state index contributed by atoms with van der Waals surface area (Å²) in [6.07, 6.45) is 0.0131. The van der Waals surface area contributed by atoms with Crippen molar-refractivity contribution in [2.24, 2.45) is 0 Å². The van der Waals surface area contributed by atoms with Crippen LogP contribution < -0.4 is 16.5 Å². The molecular formula is C25H23N3O10S2. The number of benzene rings is 3. The lowest BCUT2D eigenvalue weighted by molar-refractivity contribution is -0.176. The van der Waals surface area contributed by atoms with Crippen LogP contribution in [0.4, 0.5) is 5.69 Å². The first kappa shape index (κ1) is 28.7. The van der Waals surface area contributed by atoms with Crippen LogP contribution in [-0.2, 0) is 25.0 Å². The van der Waals surface area contributed by atoms with E-state index in [1.165, 1.54) is 42.3 Å². The Morgan fingerprint density at radius 3 is 2.33 bits per heavy atom. The molecule has 0 unspecified atom stereocenters. The van der Waals surface area contributed by atoms with Crippen molar-refractivity contribution < 1.29 is 50.5 Å². The monoisotopic (exact) mass is 589 g/mol. The molecule has 1 amide bonds. The summed E-state index contributed by atoms with van der Waals surface area (Å²) in [5.41, 5.74) is 5.11. The Morgan fingerprint density at radius 2 is 1.70 bits per heavy atom. The molecule has 0 fully saturated rings. The molecule has 0 spiro atoms. The van der Waals surface area contributed by atoms with Gasteiger partial charge in [-0.25, -0.2) is 8.42 Å². The van der Waals surface area contributed by atoms with Crippen LogP contribution in [0.5, 0.6) is 0 Å². The molecule has 40 heavy (non-hydrogen) atoms. The number of hydrogen-bond donors (Lipinski definition) is 4. The zero-order valence-electron chi connectivity index (χ0n) is 20.8. The fraction of sp³-hybridized carbons (Fsp3) is 0.160. The van der Waals surface area contributed by atoms with Gasteiger partial charge in [0.2, 0.25) is 10.3 Å². The third-order valence-electron chi connectivity index (χ3n) is 6.19. The highest BCUT2D eigenvalue weighted by molar-refractivity contribution is 7.86. The lowest BCUT2D eigenvalue weighted by Gasteiger charge is -2.22. The highest BCUT2D eigenvalue weighted by Crippen LogP contribution is 2.45. The minimum Gasteiger partial charge on any atom is -0.744 e. The number of carbonyl (C=O) groups is 2. The molecule has 0 saturated heterocycles. The molecule has 4 rings (SSSR count). The fourth-order valence-electron chi connectivity index (χ4n) is 4.48. The van der Waals surface area contributed by atoms with Crippen LogP contribution in [0.2, 0.25) is 0 Å². The van der Waals surface area contributed by atoms with Gasteiger partial charge in [-0.1, -0.05) is 18.2 Å². The Kier molecular flexibility index (Phi) is 7.42. The second kappa shape index (κ2) is 10.3. The van der Waals surface area contributed by atoms with Crippen LogP contribution in [0.1, 0.15) is 23.2 Å². The van der Waals surface area contributed by atoms with Crippen LogP contribution in [0.25, 0.3) is 33.4 Å². The topological polar surface area (TPSA) is 234 Å². The molecule has 6 N–H and O–H groups in total. The van der Waals surface area contributed by atoms with E-state index in [1.54, 1.807) is 12.1 Å². The number of anilines is 1. The average molecular weight is 590 g/mol. The summed E-state index contributed by atoms with van der Waals surface area (Å²) in [4.78, 5) is 23.8. The average Bonchev–Trinajstić information content (AvgIpc) is 2.84. The highest BCUT2D eigenvalue weighted by atomic mass is 32.2. The lowest BCUT2D eigenvalue weighted by atomic mass is 9.90. The normalized spacial score (nSPS) is 12.1. The molecule has 1 aliphatic heterocycles. The Bertz CT molecular complexity index is 1930. The van der Waals surface area contributed by atoms with Crippen LogP contribution in [0.15, 0.2) is 62.7 Å². The van der Waals surface area contributed by atoms with E-state index in [9.17, 15) is 35.5 Å². The Morgan fingerprint density at radius 1 is 1.02 bits per heavy atom. The molecule has 210 valence electrons. The number of nitrogens with zero attached hydrogens (tertiary/aromatic N) is 1. The number of fused-ring (bicyclic) bond motifs is 2. The molecule has 2 aromatic rings. The summed E-state index contributed by atoms with van der Waals surface area (Å²) >= 11 is 0. The molecule has 0 saturated carbocycles. The number of nitrogens with two attached hydrogens (primary N) is 2. The molecule has 2 aromatic carbocycles. The number of rotatable bonds is 8. The van der Waals surface area contributed by atoms with Crippen molar-refractivity contribution in [1.29, 1.82) is 0 Å². The Balaban J connectivity index is 2.14. The summed E-state index contributed by atoms with van der Waals surface area (Å²) < 4.78 is 76.9. The number of amides is 1. The molecule has 0 atom stereocenters. The number of carbonyl (C=O) groups excluding carboxylic acids is 1. The van der Waals surface area contributed by atoms with E-state index in [0.29, 0.717) is 0 Å². The van der Waals surface area contributed by atoms with E-state index in [1.807, 2.05) is 0 Å². The van der Waals surface area contributed by atoms with Crippen LogP contribution in [0.3, 0.4) is 0 Å². The second-order valence-electron chi connectivity index (χ2n) is 8.90.